The molecule has 1 aliphatic heterocycles. The maximum Gasteiger partial charge on any atom is 0.0412 e. The van der Waals surface area contributed by atoms with Gasteiger partial charge in [-0.15, -0.1) is 0 Å². The van der Waals surface area contributed by atoms with Crippen LogP contribution in [0.4, 0.5) is 0 Å². The van der Waals surface area contributed by atoms with E-state index in [2.05, 4.69) is 17.4 Å². The van der Waals surface area contributed by atoms with Gasteiger partial charge < -0.3 is 5.32 Å². The average Bonchev–Trinajstić information content (AvgIpc) is 2.47. The zero-order valence-electron chi connectivity index (χ0n) is 8.15. The predicted molar refractivity (Wildman–Crippen MR) is 58.8 cm³/mol. The summed E-state index contributed by atoms with van der Waals surface area (Å²) in [6.07, 6.45) is 5.04. The Morgan fingerprint density at radius 1 is 1.29 bits per heavy atom. The van der Waals surface area contributed by atoms with E-state index in [0.717, 1.165) is 11.6 Å². The fraction of sp³-hybridized carbons (Fsp3) is 0.500. The molecule has 0 amide bonds. The summed E-state index contributed by atoms with van der Waals surface area (Å²) < 4.78 is 0. The van der Waals surface area contributed by atoms with Crippen molar-refractivity contribution in [3.63, 3.8) is 0 Å². The Morgan fingerprint density at radius 2 is 2.14 bits per heavy atom. The summed E-state index contributed by atoms with van der Waals surface area (Å²) in [4.78, 5) is 0. The molecule has 14 heavy (non-hydrogen) atoms. The number of halogens is 1. The third kappa shape index (κ3) is 1.27. The molecule has 1 aromatic rings. The minimum Gasteiger partial charge on any atom is -0.310 e. The Hall–Kier alpha value is -0.530. The Morgan fingerprint density at radius 3 is 2.86 bits per heavy atom. The standard InChI is InChI=1S/C12H14ClN/c13-9-6-8-2-1-3-10(8)11(7-9)12-4-5-14-12/h6-7,12,14H,1-5H2/t12-/m0/s1. The van der Waals surface area contributed by atoms with Crippen LogP contribution >= 0.6 is 11.6 Å². The summed E-state index contributed by atoms with van der Waals surface area (Å²) in [7, 11) is 0. The smallest absolute Gasteiger partial charge is 0.0412 e. The molecular formula is C12H14ClN. The molecule has 1 aliphatic carbocycles. The van der Waals surface area contributed by atoms with E-state index in [9.17, 15) is 0 Å². The number of rotatable bonds is 1. The van der Waals surface area contributed by atoms with Gasteiger partial charge in [-0.25, -0.2) is 0 Å². The van der Waals surface area contributed by atoms with Crippen LogP contribution in [0.2, 0.25) is 5.02 Å². The van der Waals surface area contributed by atoms with Crippen molar-refractivity contribution < 1.29 is 0 Å². The maximum atomic E-state index is 6.13. The van der Waals surface area contributed by atoms with Gasteiger partial charge in [-0.1, -0.05) is 11.6 Å². The van der Waals surface area contributed by atoms with E-state index in [1.165, 1.54) is 36.8 Å². The van der Waals surface area contributed by atoms with Crippen LogP contribution in [0.3, 0.4) is 0 Å². The highest BCUT2D eigenvalue weighted by Gasteiger charge is 2.25. The summed E-state index contributed by atoms with van der Waals surface area (Å²) in [6, 6.07) is 4.88. The van der Waals surface area contributed by atoms with Gasteiger partial charge in [0.05, 0.1) is 0 Å². The van der Waals surface area contributed by atoms with Crippen molar-refractivity contribution >= 4 is 11.6 Å². The first-order valence-corrected chi connectivity index (χ1v) is 5.77. The third-order valence-electron chi connectivity index (χ3n) is 3.41. The van der Waals surface area contributed by atoms with Gasteiger partial charge in [0, 0.05) is 11.1 Å². The Labute approximate surface area is 89.5 Å². The van der Waals surface area contributed by atoms with Crippen LogP contribution in [-0.2, 0) is 12.8 Å². The van der Waals surface area contributed by atoms with Crippen LogP contribution in [0.5, 0.6) is 0 Å². The second-order valence-electron chi connectivity index (χ2n) is 4.28. The van der Waals surface area contributed by atoms with Crippen molar-refractivity contribution in [2.24, 2.45) is 0 Å². The van der Waals surface area contributed by atoms with Crippen LogP contribution in [-0.4, -0.2) is 6.54 Å². The fourth-order valence-corrected chi connectivity index (χ4v) is 2.81. The van der Waals surface area contributed by atoms with Crippen LogP contribution < -0.4 is 5.32 Å². The van der Waals surface area contributed by atoms with Crippen molar-refractivity contribution in [3.05, 3.63) is 33.8 Å². The molecular weight excluding hydrogens is 194 g/mol. The highest BCUT2D eigenvalue weighted by atomic mass is 35.5. The SMILES string of the molecule is Clc1cc2c(c([C@@H]3CCN3)c1)CCC2. The zero-order chi connectivity index (χ0) is 9.54. The van der Waals surface area contributed by atoms with E-state index in [1.807, 2.05) is 0 Å². The molecule has 1 fully saturated rings. The largest absolute Gasteiger partial charge is 0.310 e. The molecule has 1 heterocycles. The van der Waals surface area contributed by atoms with Crippen molar-refractivity contribution in [2.45, 2.75) is 31.7 Å². The molecule has 0 unspecified atom stereocenters. The first-order valence-electron chi connectivity index (χ1n) is 5.39. The first-order chi connectivity index (χ1) is 6.84. The second kappa shape index (κ2) is 3.25. The van der Waals surface area contributed by atoms with Gasteiger partial charge in [0.2, 0.25) is 0 Å². The third-order valence-corrected chi connectivity index (χ3v) is 3.63. The van der Waals surface area contributed by atoms with E-state index >= 15 is 0 Å². The molecule has 3 rings (SSSR count). The molecule has 1 N–H and O–H groups in total. The van der Waals surface area contributed by atoms with Crippen molar-refractivity contribution in [1.82, 2.24) is 5.32 Å². The molecule has 2 aliphatic rings. The van der Waals surface area contributed by atoms with Gasteiger partial charge in [-0.2, -0.15) is 0 Å². The van der Waals surface area contributed by atoms with Gasteiger partial charge in [0.15, 0.2) is 0 Å². The van der Waals surface area contributed by atoms with Gasteiger partial charge in [0.1, 0.15) is 0 Å². The summed E-state index contributed by atoms with van der Waals surface area (Å²) >= 11 is 6.13. The maximum absolute atomic E-state index is 6.13. The number of nitrogens with one attached hydrogen (secondary N) is 1. The summed E-state index contributed by atoms with van der Waals surface area (Å²) in [6.45, 7) is 1.16. The number of aryl methyl sites for hydroxylation is 1. The number of fused-ring (bicyclic) bond motifs is 1. The van der Waals surface area contributed by atoms with Crippen molar-refractivity contribution in [2.75, 3.05) is 6.54 Å². The second-order valence-corrected chi connectivity index (χ2v) is 4.72. The Kier molecular flexibility index (Phi) is 2.03. The molecule has 0 saturated carbocycles. The van der Waals surface area contributed by atoms with E-state index < -0.39 is 0 Å². The monoisotopic (exact) mass is 207 g/mol. The molecule has 1 atom stereocenters. The zero-order valence-corrected chi connectivity index (χ0v) is 8.90. The number of hydrogen-bond donors (Lipinski definition) is 1. The van der Waals surface area contributed by atoms with Crippen molar-refractivity contribution in [1.29, 1.82) is 0 Å². The first kappa shape index (κ1) is 8.75. The highest BCUT2D eigenvalue weighted by Crippen LogP contribution is 2.35. The summed E-state index contributed by atoms with van der Waals surface area (Å²) in [5.41, 5.74) is 4.53. The van der Waals surface area contributed by atoms with E-state index in [-0.39, 0.29) is 0 Å². The Balaban J connectivity index is 2.08. The lowest BCUT2D eigenvalue weighted by Gasteiger charge is -2.30. The average molecular weight is 208 g/mol. The molecule has 1 nitrogen and oxygen atoms in total. The molecule has 0 radical (unpaired) electrons. The van der Waals surface area contributed by atoms with Gasteiger partial charge in [0.25, 0.3) is 0 Å². The van der Waals surface area contributed by atoms with Crippen LogP contribution in [0, 0.1) is 0 Å². The van der Waals surface area contributed by atoms with Gasteiger partial charge in [-0.05, 0) is 61.1 Å². The molecule has 2 heteroatoms. The van der Waals surface area contributed by atoms with E-state index in [4.69, 9.17) is 11.6 Å². The van der Waals surface area contributed by atoms with Crippen LogP contribution in [0.1, 0.15) is 35.6 Å². The molecule has 0 spiro atoms. The predicted octanol–water partition coefficient (Wildman–Crippen LogP) is 2.86. The quantitative estimate of drug-likeness (QED) is 0.747. The fourth-order valence-electron chi connectivity index (χ4n) is 2.56. The molecule has 74 valence electrons. The molecule has 0 bridgehead atoms. The van der Waals surface area contributed by atoms with Crippen LogP contribution in [0.15, 0.2) is 12.1 Å². The number of benzene rings is 1. The lowest BCUT2D eigenvalue weighted by molar-refractivity contribution is 0.381. The van der Waals surface area contributed by atoms with Crippen LogP contribution in [0.25, 0.3) is 0 Å². The van der Waals surface area contributed by atoms with E-state index in [0.29, 0.717) is 6.04 Å². The van der Waals surface area contributed by atoms with Crippen molar-refractivity contribution in [3.8, 4) is 0 Å². The van der Waals surface area contributed by atoms with Gasteiger partial charge in [-0.3, -0.25) is 0 Å². The minimum absolute atomic E-state index is 0.584. The minimum atomic E-state index is 0.584. The lowest BCUT2D eigenvalue weighted by atomic mass is 9.92. The topological polar surface area (TPSA) is 12.0 Å². The molecule has 0 aromatic heterocycles. The highest BCUT2D eigenvalue weighted by molar-refractivity contribution is 6.30. The van der Waals surface area contributed by atoms with E-state index in [1.54, 1.807) is 5.56 Å². The summed E-state index contributed by atoms with van der Waals surface area (Å²) in [5, 5.41) is 4.37. The number of hydrogen-bond acceptors (Lipinski definition) is 1. The van der Waals surface area contributed by atoms with Gasteiger partial charge >= 0.3 is 0 Å². The normalized spacial score (nSPS) is 24.5. The Bertz CT molecular complexity index is 369. The molecule has 1 saturated heterocycles. The molecule has 1 aromatic carbocycles. The summed E-state index contributed by atoms with van der Waals surface area (Å²) in [5.74, 6) is 0. The lowest BCUT2D eigenvalue weighted by Crippen LogP contribution is -2.35.